The quantitative estimate of drug-likeness (QED) is 0.264. The minimum Gasteiger partial charge on any atom is -0.462 e. The zero-order chi connectivity index (χ0) is 20.0. The fourth-order valence-electron chi connectivity index (χ4n) is 3.37. The molecule has 0 amide bonds. The summed E-state index contributed by atoms with van der Waals surface area (Å²) in [6, 6.07) is 16.6. The van der Waals surface area contributed by atoms with Crippen LogP contribution in [0, 0.1) is 0 Å². The monoisotopic (exact) mass is 380 g/mol. The van der Waals surface area contributed by atoms with Crippen LogP contribution in [0.15, 0.2) is 48.5 Å². The van der Waals surface area contributed by atoms with Crippen LogP contribution in [0.4, 0.5) is 0 Å². The van der Waals surface area contributed by atoms with Crippen LogP contribution in [-0.4, -0.2) is 12.6 Å². The normalized spacial score (nSPS) is 10.8. The van der Waals surface area contributed by atoms with Gasteiger partial charge in [-0.2, -0.15) is 0 Å². The number of esters is 1. The van der Waals surface area contributed by atoms with E-state index in [4.69, 9.17) is 4.74 Å². The molecule has 152 valence electrons. The summed E-state index contributed by atoms with van der Waals surface area (Å²) >= 11 is 0. The van der Waals surface area contributed by atoms with Crippen molar-refractivity contribution in [2.24, 2.45) is 0 Å². The zero-order valence-electron chi connectivity index (χ0n) is 17.7. The van der Waals surface area contributed by atoms with Gasteiger partial charge < -0.3 is 4.74 Å². The van der Waals surface area contributed by atoms with Gasteiger partial charge in [-0.15, -0.1) is 0 Å². The second-order valence-corrected chi connectivity index (χ2v) is 7.64. The molecular weight excluding hydrogens is 344 g/mol. The summed E-state index contributed by atoms with van der Waals surface area (Å²) in [6.45, 7) is 4.94. The van der Waals surface area contributed by atoms with E-state index in [2.05, 4.69) is 38.1 Å². The number of hydrogen-bond donors (Lipinski definition) is 0. The molecule has 0 aliphatic heterocycles. The van der Waals surface area contributed by atoms with E-state index in [0.717, 1.165) is 24.8 Å². The Morgan fingerprint density at radius 3 is 1.82 bits per heavy atom. The Labute approximate surface area is 171 Å². The van der Waals surface area contributed by atoms with Crippen molar-refractivity contribution in [3.63, 3.8) is 0 Å². The van der Waals surface area contributed by atoms with E-state index in [1.54, 1.807) is 0 Å². The van der Waals surface area contributed by atoms with Gasteiger partial charge in [0.15, 0.2) is 0 Å². The SMILES string of the molecule is CCCCCCCc1ccc(-c2ccc(C(=O)OCCCCCC)cc2)cc1. The summed E-state index contributed by atoms with van der Waals surface area (Å²) in [4.78, 5) is 12.1. The van der Waals surface area contributed by atoms with Crippen molar-refractivity contribution in [1.29, 1.82) is 0 Å². The van der Waals surface area contributed by atoms with Crippen LogP contribution in [0.2, 0.25) is 0 Å². The van der Waals surface area contributed by atoms with Crippen LogP contribution in [0.25, 0.3) is 11.1 Å². The third-order valence-corrected chi connectivity index (χ3v) is 5.21. The molecule has 0 unspecified atom stereocenters. The van der Waals surface area contributed by atoms with E-state index in [1.165, 1.54) is 56.1 Å². The first-order valence-electron chi connectivity index (χ1n) is 11.1. The Kier molecular flexibility index (Phi) is 10.4. The first-order valence-corrected chi connectivity index (χ1v) is 11.1. The van der Waals surface area contributed by atoms with Gasteiger partial charge in [0, 0.05) is 0 Å². The third kappa shape index (κ3) is 7.88. The molecule has 0 aliphatic carbocycles. The highest BCUT2D eigenvalue weighted by Gasteiger charge is 2.07. The van der Waals surface area contributed by atoms with Crippen LogP contribution >= 0.6 is 0 Å². The molecule has 0 fully saturated rings. The molecule has 0 aromatic heterocycles. The molecule has 0 heterocycles. The molecule has 0 bridgehead atoms. The number of carbonyl (C=O) groups excluding carboxylic acids is 1. The predicted octanol–water partition coefficient (Wildman–Crippen LogP) is 7.60. The number of unbranched alkanes of at least 4 members (excludes halogenated alkanes) is 7. The minimum absolute atomic E-state index is 0.221. The van der Waals surface area contributed by atoms with Crippen molar-refractivity contribution >= 4 is 5.97 Å². The average molecular weight is 381 g/mol. The molecule has 0 radical (unpaired) electrons. The van der Waals surface area contributed by atoms with E-state index in [-0.39, 0.29) is 5.97 Å². The summed E-state index contributed by atoms with van der Waals surface area (Å²) in [7, 11) is 0. The molecular formula is C26H36O2. The summed E-state index contributed by atoms with van der Waals surface area (Å²) in [5, 5.41) is 0. The molecule has 2 nitrogen and oxygen atoms in total. The largest absolute Gasteiger partial charge is 0.462 e. The third-order valence-electron chi connectivity index (χ3n) is 5.21. The molecule has 2 heteroatoms. The van der Waals surface area contributed by atoms with Crippen molar-refractivity contribution in [3.8, 4) is 11.1 Å². The highest BCUT2D eigenvalue weighted by molar-refractivity contribution is 5.90. The Morgan fingerprint density at radius 1 is 0.679 bits per heavy atom. The van der Waals surface area contributed by atoms with E-state index < -0.39 is 0 Å². The van der Waals surface area contributed by atoms with Crippen LogP contribution in [0.3, 0.4) is 0 Å². The van der Waals surface area contributed by atoms with Crippen molar-refractivity contribution in [2.45, 2.75) is 78.1 Å². The molecule has 0 saturated carbocycles. The maximum absolute atomic E-state index is 12.1. The van der Waals surface area contributed by atoms with Crippen LogP contribution in [0.1, 0.15) is 87.6 Å². The number of carbonyl (C=O) groups is 1. The van der Waals surface area contributed by atoms with E-state index in [1.807, 2.05) is 24.3 Å². The van der Waals surface area contributed by atoms with Crippen molar-refractivity contribution in [2.75, 3.05) is 6.61 Å². The maximum atomic E-state index is 12.1. The highest BCUT2D eigenvalue weighted by atomic mass is 16.5. The van der Waals surface area contributed by atoms with Crippen LogP contribution < -0.4 is 0 Å². The number of benzene rings is 2. The topological polar surface area (TPSA) is 26.3 Å². The lowest BCUT2D eigenvalue weighted by molar-refractivity contribution is 0.0498. The van der Waals surface area contributed by atoms with Gasteiger partial charge in [0.05, 0.1) is 12.2 Å². The summed E-state index contributed by atoms with van der Waals surface area (Å²) in [6.07, 6.45) is 12.2. The van der Waals surface area contributed by atoms with Gasteiger partial charge in [-0.1, -0.05) is 95.2 Å². The second kappa shape index (κ2) is 13.1. The lowest BCUT2D eigenvalue weighted by atomic mass is 10.00. The summed E-state index contributed by atoms with van der Waals surface area (Å²) < 4.78 is 5.36. The highest BCUT2D eigenvalue weighted by Crippen LogP contribution is 2.21. The van der Waals surface area contributed by atoms with Gasteiger partial charge in [0.2, 0.25) is 0 Å². The lowest BCUT2D eigenvalue weighted by Gasteiger charge is -2.07. The standard InChI is InChI=1S/C26H36O2/c1-3-5-7-9-10-12-22-13-15-23(16-14-22)24-17-19-25(20-18-24)26(27)28-21-11-8-6-4-2/h13-20H,3-12,21H2,1-2H3. The fraction of sp³-hybridized carbons (Fsp3) is 0.500. The van der Waals surface area contributed by atoms with Crippen molar-refractivity contribution in [3.05, 3.63) is 59.7 Å². The molecule has 28 heavy (non-hydrogen) atoms. The smallest absolute Gasteiger partial charge is 0.338 e. The van der Waals surface area contributed by atoms with Gasteiger partial charge >= 0.3 is 5.97 Å². The van der Waals surface area contributed by atoms with E-state index in [9.17, 15) is 4.79 Å². The molecule has 0 spiro atoms. The Morgan fingerprint density at radius 2 is 1.21 bits per heavy atom. The number of rotatable bonds is 13. The number of hydrogen-bond acceptors (Lipinski definition) is 2. The first-order chi connectivity index (χ1) is 13.7. The Hall–Kier alpha value is -2.09. The second-order valence-electron chi connectivity index (χ2n) is 7.64. The summed E-state index contributed by atoms with van der Waals surface area (Å²) in [5.74, 6) is -0.221. The predicted molar refractivity (Wildman–Crippen MR) is 119 cm³/mol. The Bertz CT molecular complexity index is 671. The van der Waals surface area contributed by atoms with E-state index >= 15 is 0 Å². The molecule has 0 saturated heterocycles. The van der Waals surface area contributed by atoms with Gasteiger partial charge in [0.1, 0.15) is 0 Å². The zero-order valence-corrected chi connectivity index (χ0v) is 17.7. The van der Waals surface area contributed by atoms with E-state index in [0.29, 0.717) is 12.2 Å². The average Bonchev–Trinajstić information content (AvgIpc) is 2.74. The molecule has 0 aliphatic rings. The molecule has 0 N–H and O–H groups in total. The van der Waals surface area contributed by atoms with Crippen molar-refractivity contribution < 1.29 is 9.53 Å². The lowest BCUT2D eigenvalue weighted by Crippen LogP contribution is -2.06. The molecule has 2 aromatic carbocycles. The summed E-state index contributed by atoms with van der Waals surface area (Å²) in [5.41, 5.74) is 4.36. The van der Waals surface area contributed by atoms with Crippen molar-refractivity contribution in [1.82, 2.24) is 0 Å². The van der Waals surface area contributed by atoms with Gasteiger partial charge in [-0.3, -0.25) is 0 Å². The minimum atomic E-state index is -0.221. The first kappa shape index (κ1) is 22.2. The van der Waals surface area contributed by atoms with Gasteiger partial charge in [-0.05, 0) is 48.1 Å². The number of ether oxygens (including phenoxy) is 1. The molecule has 2 aromatic rings. The Balaban J connectivity index is 1.81. The van der Waals surface area contributed by atoms with Crippen LogP contribution in [0.5, 0.6) is 0 Å². The maximum Gasteiger partial charge on any atom is 0.338 e. The molecule has 0 atom stereocenters. The van der Waals surface area contributed by atoms with Crippen LogP contribution in [-0.2, 0) is 11.2 Å². The fourth-order valence-corrected chi connectivity index (χ4v) is 3.37. The van der Waals surface area contributed by atoms with Gasteiger partial charge in [-0.25, -0.2) is 4.79 Å². The molecule has 2 rings (SSSR count). The van der Waals surface area contributed by atoms with Gasteiger partial charge in [0.25, 0.3) is 0 Å². The number of aryl methyl sites for hydroxylation is 1.